The molecule has 11 nitrogen and oxygen atoms in total. The number of rotatable bonds is 73. The highest BCUT2D eigenvalue weighted by atomic mass is 16.7. The van der Waals surface area contributed by atoms with E-state index in [1.54, 1.807) is 0 Å². The van der Waals surface area contributed by atoms with Crippen molar-refractivity contribution in [2.45, 2.75) is 480 Å². The van der Waals surface area contributed by atoms with E-state index in [1.807, 2.05) is 0 Å². The molecule has 1 amide bonds. The van der Waals surface area contributed by atoms with E-state index in [0.29, 0.717) is 12.8 Å². The van der Waals surface area contributed by atoms with Crippen molar-refractivity contribution >= 4 is 5.91 Å². The summed E-state index contributed by atoms with van der Waals surface area (Å²) in [6.45, 7) is 3.52. The Balaban J connectivity index is 2.12. The van der Waals surface area contributed by atoms with Crippen LogP contribution in [0.2, 0.25) is 0 Å². The molecule has 91 heavy (non-hydrogen) atoms. The maximum absolute atomic E-state index is 13.3. The van der Waals surface area contributed by atoms with Crippen LogP contribution in [0.4, 0.5) is 0 Å². The van der Waals surface area contributed by atoms with E-state index < -0.39 is 74.2 Å². The fourth-order valence-corrected chi connectivity index (χ4v) is 13.6. The maximum Gasteiger partial charge on any atom is 0.249 e. The molecule has 9 unspecified atom stereocenters. The van der Waals surface area contributed by atoms with Crippen molar-refractivity contribution in [1.82, 2.24) is 5.32 Å². The number of allylic oxidation sites excluding steroid dienone is 2. The first kappa shape index (κ1) is 87.9. The standard InChI is InChI=1S/C80H157NO10/c1-3-5-7-9-11-13-15-17-19-21-23-25-27-29-31-33-34-35-36-37-38-39-40-42-44-46-48-50-52-54-56-58-60-62-64-66-68-73(84)79(89)81-71(70-90-80-78(88)77(87)76(86)74(69-82)91-80)75(85)72(83)67-65-63-61-59-57-55-53-51-49-47-45-43-41-32-30-28-26-24-22-20-18-16-14-12-10-8-6-4-2/h59,61,71-78,80,82-88H,3-58,60,62-70H2,1-2H3,(H,81,89)/b61-59+. The summed E-state index contributed by atoms with van der Waals surface area (Å²) in [5.41, 5.74) is 0. The van der Waals surface area contributed by atoms with Crippen LogP contribution < -0.4 is 5.32 Å². The summed E-state index contributed by atoms with van der Waals surface area (Å²) in [4.78, 5) is 13.3. The molecule has 11 heteroatoms. The Kier molecular flexibility index (Phi) is 66.4. The van der Waals surface area contributed by atoms with Crippen LogP contribution in [-0.2, 0) is 14.3 Å². The Hall–Kier alpha value is -1.15. The van der Waals surface area contributed by atoms with Crippen molar-refractivity contribution in [3.05, 3.63) is 12.2 Å². The van der Waals surface area contributed by atoms with E-state index in [9.17, 15) is 40.5 Å². The molecule has 1 fully saturated rings. The van der Waals surface area contributed by atoms with Gasteiger partial charge in [0, 0.05) is 0 Å². The first-order valence-electron chi connectivity index (χ1n) is 40.6. The molecule has 1 saturated heterocycles. The average molecular weight is 1290 g/mol. The second-order valence-corrected chi connectivity index (χ2v) is 28.9. The number of ether oxygens (including phenoxy) is 2. The van der Waals surface area contributed by atoms with Gasteiger partial charge in [0.05, 0.1) is 25.4 Å². The van der Waals surface area contributed by atoms with Crippen LogP contribution in [0.15, 0.2) is 12.2 Å². The molecule has 542 valence electrons. The number of nitrogens with one attached hydrogen (secondary N) is 1. The molecule has 0 saturated carbocycles. The zero-order valence-electron chi connectivity index (χ0n) is 60.4. The molecule has 0 bridgehead atoms. The molecule has 1 heterocycles. The highest BCUT2D eigenvalue weighted by Gasteiger charge is 2.44. The van der Waals surface area contributed by atoms with E-state index in [4.69, 9.17) is 9.47 Å². The highest BCUT2D eigenvalue weighted by molar-refractivity contribution is 5.80. The van der Waals surface area contributed by atoms with Gasteiger partial charge in [-0.3, -0.25) is 4.79 Å². The van der Waals surface area contributed by atoms with Crippen molar-refractivity contribution in [2.75, 3.05) is 13.2 Å². The van der Waals surface area contributed by atoms with E-state index in [-0.39, 0.29) is 12.8 Å². The monoisotopic (exact) mass is 1290 g/mol. The summed E-state index contributed by atoms with van der Waals surface area (Å²) in [6, 6.07) is -1.18. The van der Waals surface area contributed by atoms with Gasteiger partial charge in [0.15, 0.2) is 6.29 Å². The first-order chi connectivity index (χ1) is 44.7. The number of unbranched alkanes of at least 4 members (excludes halogenated alkanes) is 59. The van der Waals surface area contributed by atoms with Gasteiger partial charge in [-0.2, -0.15) is 0 Å². The Morgan fingerprint density at radius 1 is 0.374 bits per heavy atom. The van der Waals surface area contributed by atoms with Crippen molar-refractivity contribution < 1.29 is 50.0 Å². The predicted octanol–water partition coefficient (Wildman–Crippen LogP) is 20.9. The van der Waals surface area contributed by atoms with Gasteiger partial charge < -0.3 is 50.5 Å². The zero-order valence-corrected chi connectivity index (χ0v) is 60.4. The predicted molar refractivity (Wildman–Crippen MR) is 386 cm³/mol. The number of carbonyl (C=O) groups excluding carboxylic acids is 1. The number of hydrogen-bond acceptors (Lipinski definition) is 10. The molecule has 1 rings (SSSR count). The zero-order chi connectivity index (χ0) is 66.0. The number of carbonyl (C=O) groups is 1. The van der Waals surface area contributed by atoms with Gasteiger partial charge in [0.1, 0.15) is 36.6 Å². The summed E-state index contributed by atoms with van der Waals surface area (Å²) in [5, 5.41) is 76.7. The lowest BCUT2D eigenvalue weighted by Gasteiger charge is -2.40. The van der Waals surface area contributed by atoms with Crippen LogP contribution in [0, 0.1) is 0 Å². The minimum Gasteiger partial charge on any atom is -0.394 e. The Morgan fingerprint density at radius 3 is 0.945 bits per heavy atom. The van der Waals surface area contributed by atoms with E-state index in [1.165, 1.54) is 353 Å². The largest absolute Gasteiger partial charge is 0.394 e. The normalized spacial score (nSPS) is 18.4. The van der Waals surface area contributed by atoms with E-state index >= 15 is 0 Å². The molecule has 0 aliphatic carbocycles. The van der Waals surface area contributed by atoms with E-state index in [0.717, 1.165) is 32.1 Å². The van der Waals surface area contributed by atoms with Gasteiger partial charge in [0.2, 0.25) is 5.91 Å². The van der Waals surface area contributed by atoms with Gasteiger partial charge in [-0.1, -0.05) is 398 Å². The second kappa shape index (κ2) is 68.8. The van der Waals surface area contributed by atoms with E-state index in [2.05, 4.69) is 31.3 Å². The van der Waals surface area contributed by atoms with Gasteiger partial charge in [-0.05, 0) is 38.5 Å². The fraction of sp³-hybridized carbons (Fsp3) is 0.963. The maximum atomic E-state index is 13.3. The quantitative estimate of drug-likeness (QED) is 0.0215. The Bertz CT molecular complexity index is 1490. The van der Waals surface area contributed by atoms with Crippen molar-refractivity contribution in [2.24, 2.45) is 0 Å². The van der Waals surface area contributed by atoms with Crippen LogP contribution >= 0.6 is 0 Å². The number of aliphatic hydroxyl groups is 7. The summed E-state index contributed by atoms with van der Waals surface area (Å²) in [6.07, 6.45) is 76.3. The summed E-state index contributed by atoms with van der Waals surface area (Å²) >= 11 is 0. The van der Waals surface area contributed by atoms with Gasteiger partial charge in [-0.15, -0.1) is 0 Å². The molecule has 0 aromatic heterocycles. The molecule has 9 atom stereocenters. The third kappa shape index (κ3) is 55.5. The second-order valence-electron chi connectivity index (χ2n) is 28.9. The SMILES string of the molecule is CCCCCCCCCCCCCCCCCCCCCCCCC/C=C/CCCC(O)C(O)C(COC1OC(CO)C(O)C(O)C1O)NC(=O)C(O)CCCCCCCCCCCCCCCCCCCCCCCCCCCCCCCCCCCCCC. The molecule has 0 aromatic carbocycles. The lowest BCUT2D eigenvalue weighted by atomic mass is 9.98. The van der Waals surface area contributed by atoms with Crippen LogP contribution in [0.3, 0.4) is 0 Å². The summed E-state index contributed by atoms with van der Waals surface area (Å²) in [5.74, 6) is -0.696. The topological polar surface area (TPSA) is 189 Å². The smallest absolute Gasteiger partial charge is 0.249 e. The molecule has 0 radical (unpaired) electrons. The number of hydrogen-bond donors (Lipinski definition) is 8. The van der Waals surface area contributed by atoms with Crippen LogP contribution in [0.1, 0.15) is 425 Å². The highest BCUT2D eigenvalue weighted by Crippen LogP contribution is 2.25. The molecular formula is C80H157NO10. The van der Waals surface area contributed by atoms with Crippen molar-refractivity contribution in [3.63, 3.8) is 0 Å². The molecule has 8 N–H and O–H groups in total. The summed E-state index contributed by atoms with van der Waals surface area (Å²) < 4.78 is 11.2. The molecular weight excluding hydrogens is 1130 g/mol. The minimum absolute atomic E-state index is 0.260. The van der Waals surface area contributed by atoms with Gasteiger partial charge >= 0.3 is 0 Å². The van der Waals surface area contributed by atoms with Crippen LogP contribution in [-0.4, -0.2) is 110 Å². The Labute approximate surface area is 563 Å². The average Bonchev–Trinajstić information content (AvgIpc) is 1.05. The van der Waals surface area contributed by atoms with Crippen molar-refractivity contribution in [1.29, 1.82) is 0 Å². The molecule has 1 aliphatic heterocycles. The number of amides is 1. The molecule has 0 aromatic rings. The van der Waals surface area contributed by atoms with Gasteiger partial charge in [0.25, 0.3) is 0 Å². The molecule has 0 spiro atoms. The third-order valence-corrected chi connectivity index (χ3v) is 20.1. The third-order valence-electron chi connectivity index (χ3n) is 20.1. The number of aliphatic hydroxyl groups excluding tert-OH is 7. The Morgan fingerprint density at radius 2 is 0.648 bits per heavy atom. The minimum atomic E-state index is -1.67. The molecule has 1 aliphatic rings. The first-order valence-corrected chi connectivity index (χ1v) is 40.6. The van der Waals surface area contributed by atoms with Crippen LogP contribution in [0.5, 0.6) is 0 Å². The summed E-state index contributed by atoms with van der Waals surface area (Å²) in [7, 11) is 0. The van der Waals surface area contributed by atoms with Crippen molar-refractivity contribution in [3.8, 4) is 0 Å². The van der Waals surface area contributed by atoms with Gasteiger partial charge in [-0.25, -0.2) is 0 Å². The van der Waals surface area contributed by atoms with Crippen LogP contribution in [0.25, 0.3) is 0 Å². The fourth-order valence-electron chi connectivity index (χ4n) is 13.6. The lowest BCUT2D eigenvalue weighted by molar-refractivity contribution is -0.303. The lowest BCUT2D eigenvalue weighted by Crippen LogP contribution is -2.60.